The van der Waals surface area contributed by atoms with Gasteiger partial charge < -0.3 is 20.8 Å². The maximum Gasteiger partial charge on any atom is 0.328 e. The first-order valence-electron chi connectivity index (χ1n) is 5.36. The molecule has 0 spiro atoms. The van der Waals surface area contributed by atoms with Crippen molar-refractivity contribution >= 4 is 12.0 Å². The van der Waals surface area contributed by atoms with Gasteiger partial charge in [-0.2, -0.15) is 0 Å². The van der Waals surface area contributed by atoms with Gasteiger partial charge in [-0.05, 0) is 20.3 Å². The number of hydrogen-bond donors (Lipinski definition) is 4. The van der Waals surface area contributed by atoms with Gasteiger partial charge >= 0.3 is 12.0 Å². The number of aliphatic hydroxyl groups is 1. The van der Waals surface area contributed by atoms with Gasteiger partial charge in [0, 0.05) is 6.04 Å². The molecule has 0 radical (unpaired) electrons. The Kier molecular flexibility index (Phi) is 6.48. The molecule has 2 amide bonds. The Bertz CT molecular complexity index is 243. The first-order valence-corrected chi connectivity index (χ1v) is 5.36. The van der Waals surface area contributed by atoms with Crippen LogP contribution >= 0.6 is 0 Å². The molecule has 0 saturated carbocycles. The van der Waals surface area contributed by atoms with Crippen LogP contribution in [0.2, 0.25) is 0 Å². The lowest BCUT2D eigenvalue weighted by Gasteiger charge is -2.19. The lowest BCUT2D eigenvalue weighted by atomic mass is 10.2. The third-order valence-corrected chi connectivity index (χ3v) is 2.13. The Morgan fingerprint density at radius 3 is 2.19 bits per heavy atom. The van der Waals surface area contributed by atoms with Crippen LogP contribution in [0.25, 0.3) is 0 Å². The molecule has 0 aromatic rings. The van der Waals surface area contributed by atoms with E-state index in [4.69, 9.17) is 10.2 Å². The summed E-state index contributed by atoms with van der Waals surface area (Å²) in [5.41, 5.74) is 0. The van der Waals surface area contributed by atoms with Gasteiger partial charge in [-0.1, -0.05) is 13.3 Å². The number of hydrogen-bond acceptors (Lipinski definition) is 3. The third-order valence-electron chi connectivity index (χ3n) is 2.13. The number of carboxylic acid groups (broad SMARTS) is 1. The van der Waals surface area contributed by atoms with Crippen molar-refractivity contribution in [3.8, 4) is 0 Å². The minimum absolute atomic E-state index is 0.0200. The predicted octanol–water partition coefficient (Wildman–Crippen LogP) is 0.308. The quantitative estimate of drug-likeness (QED) is 0.529. The van der Waals surface area contributed by atoms with Crippen molar-refractivity contribution in [3.63, 3.8) is 0 Å². The Morgan fingerprint density at radius 2 is 1.81 bits per heavy atom. The summed E-state index contributed by atoms with van der Waals surface area (Å²) in [7, 11) is 0. The number of amides is 2. The summed E-state index contributed by atoms with van der Waals surface area (Å²) < 4.78 is 0. The molecule has 0 heterocycles. The first-order chi connectivity index (χ1) is 7.38. The Labute approximate surface area is 95.0 Å². The Hall–Kier alpha value is -1.30. The van der Waals surface area contributed by atoms with E-state index in [2.05, 4.69) is 10.6 Å². The summed E-state index contributed by atoms with van der Waals surface area (Å²) in [6.07, 6.45) is 0.616. The molecule has 4 N–H and O–H groups in total. The highest BCUT2D eigenvalue weighted by Gasteiger charge is 2.25. The molecule has 0 rings (SSSR count). The summed E-state index contributed by atoms with van der Waals surface area (Å²) in [6, 6.07) is -1.88. The zero-order valence-electron chi connectivity index (χ0n) is 9.86. The van der Waals surface area contributed by atoms with E-state index in [9.17, 15) is 9.59 Å². The van der Waals surface area contributed by atoms with Crippen LogP contribution in [0.5, 0.6) is 0 Å². The first kappa shape index (κ1) is 14.7. The third kappa shape index (κ3) is 5.55. The fourth-order valence-corrected chi connectivity index (χ4v) is 1.30. The molecular formula is C10H20N2O4. The molecule has 0 fully saturated rings. The van der Waals surface area contributed by atoms with Gasteiger partial charge in [0.15, 0.2) is 6.04 Å². The van der Waals surface area contributed by atoms with Crippen molar-refractivity contribution in [1.82, 2.24) is 10.6 Å². The van der Waals surface area contributed by atoms with Crippen LogP contribution in [0.15, 0.2) is 0 Å². The fraction of sp³-hybridized carbons (Fsp3) is 0.800. The van der Waals surface area contributed by atoms with E-state index in [1.807, 2.05) is 13.8 Å². The van der Waals surface area contributed by atoms with E-state index in [-0.39, 0.29) is 6.04 Å². The van der Waals surface area contributed by atoms with Gasteiger partial charge in [-0.25, -0.2) is 9.59 Å². The molecule has 6 nitrogen and oxygen atoms in total. The maximum atomic E-state index is 11.4. The molecule has 1 unspecified atom stereocenters. The lowest BCUT2D eigenvalue weighted by molar-refractivity contribution is -0.141. The van der Waals surface area contributed by atoms with Gasteiger partial charge in [0.2, 0.25) is 0 Å². The van der Waals surface area contributed by atoms with Gasteiger partial charge in [0.25, 0.3) is 0 Å². The van der Waals surface area contributed by atoms with Crippen LogP contribution in [0.1, 0.15) is 33.6 Å². The highest BCUT2D eigenvalue weighted by atomic mass is 16.4. The predicted molar refractivity (Wildman–Crippen MR) is 59.1 cm³/mol. The van der Waals surface area contributed by atoms with Gasteiger partial charge in [-0.3, -0.25) is 0 Å². The molecule has 0 aliphatic rings. The van der Waals surface area contributed by atoms with Crippen molar-refractivity contribution < 1.29 is 19.8 Å². The van der Waals surface area contributed by atoms with Crippen molar-refractivity contribution in [2.45, 2.75) is 51.8 Å². The lowest BCUT2D eigenvalue weighted by Crippen LogP contribution is -2.52. The summed E-state index contributed by atoms with van der Waals surface area (Å²) in [5.74, 6) is -1.26. The van der Waals surface area contributed by atoms with Crippen LogP contribution in [-0.2, 0) is 4.79 Å². The van der Waals surface area contributed by atoms with Crippen LogP contribution in [0.4, 0.5) is 4.79 Å². The van der Waals surface area contributed by atoms with E-state index in [1.165, 1.54) is 6.92 Å². The van der Waals surface area contributed by atoms with E-state index < -0.39 is 24.1 Å². The Balaban J connectivity index is 4.15. The molecule has 0 saturated heterocycles. The maximum absolute atomic E-state index is 11.4. The smallest absolute Gasteiger partial charge is 0.328 e. The summed E-state index contributed by atoms with van der Waals surface area (Å²) in [6.45, 7) is 5.14. The SMILES string of the molecule is CCCC(C)NC(=O)N[C@H](C(=O)O)[C@@H](C)O. The highest BCUT2D eigenvalue weighted by molar-refractivity contribution is 5.83. The number of urea groups is 1. The number of aliphatic hydroxyl groups excluding tert-OH is 1. The van der Waals surface area contributed by atoms with Crippen LogP contribution in [-0.4, -0.2) is 40.4 Å². The van der Waals surface area contributed by atoms with Crippen molar-refractivity contribution in [3.05, 3.63) is 0 Å². The number of rotatable bonds is 6. The van der Waals surface area contributed by atoms with E-state index >= 15 is 0 Å². The van der Waals surface area contributed by atoms with Gasteiger partial charge in [0.1, 0.15) is 0 Å². The minimum atomic E-state index is -1.28. The molecule has 16 heavy (non-hydrogen) atoms. The zero-order chi connectivity index (χ0) is 12.7. The number of aliphatic carboxylic acids is 1. The van der Waals surface area contributed by atoms with Crippen LogP contribution in [0, 0.1) is 0 Å². The Morgan fingerprint density at radius 1 is 1.25 bits per heavy atom. The summed E-state index contributed by atoms with van der Waals surface area (Å²) >= 11 is 0. The van der Waals surface area contributed by atoms with E-state index in [0.717, 1.165) is 12.8 Å². The highest BCUT2D eigenvalue weighted by Crippen LogP contribution is 1.96. The minimum Gasteiger partial charge on any atom is -0.480 e. The number of nitrogens with one attached hydrogen (secondary N) is 2. The van der Waals surface area contributed by atoms with Gasteiger partial charge in [0.05, 0.1) is 6.10 Å². The largest absolute Gasteiger partial charge is 0.480 e. The standard InChI is InChI=1S/C10H20N2O4/c1-4-5-6(2)11-10(16)12-8(7(3)13)9(14)15/h6-8,13H,4-5H2,1-3H3,(H,14,15)(H2,11,12,16)/t6?,7-,8+/m1/s1. The number of carbonyl (C=O) groups is 2. The molecule has 0 aromatic heterocycles. The molecule has 6 heteroatoms. The molecule has 0 aliphatic carbocycles. The molecule has 3 atom stereocenters. The topological polar surface area (TPSA) is 98.7 Å². The monoisotopic (exact) mass is 232 g/mol. The molecule has 94 valence electrons. The van der Waals surface area contributed by atoms with E-state index in [0.29, 0.717) is 0 Å². The molecule has 0 aromatic carbocycles. The van der Waals surface area contributed by atoms with Gasteiger partial charge in [-0.15, -0.1) is 0 Å². The molecular weight excluding hydrogens is 212 g/mol. The van der Waals surface area contributed by atoms with Crippen molar-refractivity contribution in [2.24, 2.45) is 0 Å². The van der Waals surface area contributed by atoms with Crippen LogP contribution in [0.3, 0.4) is 0 Å². The van der Waals surface area contributed by atoms with Crippen molar-refractivity contribution in [2.75, 3.05) is 0 Å². The average Bonchev–Trinajstić information content (AvgIpc) is 2.13. The normalized spacial score (nSPS) is 16.0. The second-order valence-electron chi connectivity index (χ2n) is 3.86. The second kappa shape index (κ2) is 7.05. The van der Waals surface area contributed by atoms with Crippen molar-refractivity contribution in [1.29, 1.82) is 0 Å². The number of carboxylic acids is 1. The summed E-state index contributed by atoms with van der Waals surface area (Å²) in [4.78, 5) is 22.0. The average molecular weight is 232 g/mol. The van der Waals surface area contributed by atoms with E-state index in [1.54, 1.807) is 0 Å². The molecule has 0 aliphatic heterocycles. The molecule has 0 bridgehead atoms. The number of carbonyl (C=O) groups excluding carboxylic acids is 1. The zero-order valence-corrected chi connectivity index (χ0v) is 9.86. The summed E-state index contributed by atoms with van der Waals surface area (Å²) in [5, 5.41) is 22.7. The fourth-order valence-electron chi connectivity index (χ4n) is 1.30. The van der Waals surface area contributed by atoms with Crippen LogP contribution < -0.4 is 10.6 Å². The second-order valence-corrected chi connectivity index (χ2v) is 3.86.